The quantitative estimate of drug-likeness (QED) is 0.914. The Kier molecular flexibility index (Phi) is 4.70. The van der Waals surface area contributed by atoms with E-state index in [1.54, 1.807) is 7.11 Å². The molecule has 2 rings (SSSR count). The van der Waals surface area contributed by atoms with Crippen LogP contribution in [0.3, 0.4) is 0 Å². The van der Waals surface area contributed by atoms with Gasteiger partial charge in [0.1, 0.15) is 5.75 Å². The van der Waals surface area contributed by atoms with Crippen LogP contribution < -0.4 is 10.5 Å². The Balaban J connectivity index is 2.07. The molecule has 20 heavy (non-hydrogen) atoms. The molecule has 1 saturated heterocycles. The summed E-state index contributed by atoms with van der Waals surface area (Å²) in [5, 5.41) is 0. The summed E-state index contributed by atoms with van der Waals surface area (Å²) in [6, 6.07) is 5.73. The van der Waals surface area contributed by atoms with Crippen LogP contribution in [0.1, 0.15) is 18.9 Å². The highest BCUT2D eigenvalue weighted by atomic mass is 79.9. The van der Waals surface area contributed by atoms with Crippen LogP contribution in [-0.4, -0.2) is 37.6 Å². The average molecular weight is 341 g/mol. The summed E-state index contributed by atoms with van der Waals surface area (Å²) in [5.74, 6) is 0.890. The number of methoxy groups -OCH3 is 1. The minimum Gasteiger partial charge on any atom is -0.496 e. The molecule has 0 aliphatic carbocycles. The fourth-order valence-electron chi connectivity index (χ4n) is 2.56. The van der Waals surface area contributed by atoms with E-state index in [0.717, 1.165) is 35.3 Å². The van der Waals surface area contributed by atoms with Gasteiger partial charge in [0, 0.05) is 23.1 Å². The minimum absolute atomic E-state index is 0.0665. The van der Waals surface area contributed by atoms with Crippen molar-refractivity contribution in [1.29, 1.82) is 0 Å². The van der Waals surface area contributed by atoms with E-state index in [0.29, 0.717) is 13.0 Å². The lowest BCUT2D eigenvalue weighted by atomic mass is 9.90. The number of hydrogen-bond acceptors (Lipinski definition) is 3. The third-order valence-corrected chi connectivity index (χ3v) is 4.48. The summed E-state index contributed by atoms with van der Waals surface area (Å²) < 4.78 is 6.27. The summed E-state index contributed by atoms with van der Waals surface area (Å²) >= 11 is 3.43. The van der Waals surface area contributed by atoms with Gasteiger partial charge in [-0.05, 0) is 36.6 Å². The highest BCUT2D eigenvalue weighted by Gasteiger charge is 2.34. The summed E-state index contributed by atoms with van der Waals surface area (Å²) in [6.45, 7) is 4.30. The first-order chi connectivity index (χ1) is 9.47. The molecule has 0 saturated carbocycles. The van der Waals surface area contributed by atoms with Gasteiger partial charge >= 0.3 is 0 Å². The molecular formula is C15H21BrN2O2. The smallest absolute Gasteiger partial charge is 0.227 e. The van der Waals surface area contributed by atoms with Gasteiger partial charge in [0.2, 0.25) is 5.91 Å². The Morgan fingerprint density at radius 2 is 2.30 bits per heavy atom. The first-order valence-electron chi connectivity index (χ1n) is 6.78. The van der Waals surface area contributed by atoms with E-state index in [4.69, 9.17) is 10.5 Å². The number of ether oxygens (including phenoxy) is 1. The standard InChI is InChI=1S/C15H21BrN2O2/c1-15(9-17)5-6-18(10-15)14(19)8-11-7-12(16)3-4-13(11)20-2/h3-4,7H,5-6,8-10,17H2,1-2H3. The van der Waals surface area contributed by atoms with Gasteiger partial charge in [-0.2, -0.15) is 0 Å². The van der Waals surface area contributed by atoms with Gasteiger partial charge in [0.05, 0.1) is 13.5 Å². The van der Waals surface area contributed by atoms with E-state index >= 15 is 0 Å². The Bertz CT molecular complexity index is 507. The summed E-state index contributed by atoms with van der Waals surface area (Å²) in [6.07, 6.45) is 1.34. The molecule has 1 aromatic rings. The molecule has 0 radical (unpaired) electrons. The predicted molar refractivity (Wildman–Crippen MR) is 82.8 cm³/mol. The number of benzene rings is 1. The number of hydrogen-bond donors (Lipinski definition) is 1. The van der Waals surface area contributed by atoms with Crippen molar-refractivity contribution in [3.05, 3.63) is 28.2 Å². The van der Waals surface area contributed by atoms with Crippen molar-refractivity contribution in [2.45, 2.75) is 19.8 Å². The third-order valence-electron chi connectivity index (χ3n) is 3.99. The molecule has 1 aliphatic heterocycles. The summed E-state index contributed by atoms with van der Waals surface area (Å²) in [5.41, 5.74) is 6.76. The van der Waals surface area contributed by atoms with Crippen molar-refractivity contribution < 1.29 is 9.53 Å². The Morgan fingerprint density at radius 1 is 1.55 bits per heavy atom. The predicted octanol–water partition coefficient (Wildman–Crippen LogP) is 2.20. The highest BCUT2D eigenvalue weighted by molar-refractivity contribution is 9.10. The van der Waals surface area contributed by atoms with Crippen LogP contribution in [0, 0.1) is 5.41 Å². The molecule has 4 nitrogen and oxygen atoms in total. The number of nitrogens with two attached hydrogens (primary N) is 1. The normalized spacial score (nSPS) is 22.1. The molecule has 1 unspecified atom stereocenters. The largest absolute Gasteiger partial charge is 0.496 e. The van der Waals surface area contributed by atoms with Crippen LogP contribution in [0.15, 0.2) is 22.7 Å². The lowest BCUT2D eigenvalue weighted by molar-refractivity contribution is -0.129. The van der Waals surface area contributed by atoms with Gasteiger partial charge in [-0.15, -0.1) is 0 Å². The number of nitrogens with zero attached hydrogens (tertiary/aromatic N) is 1. The zero-order valence-corrected chi connectivity index (χ0v) is 13.6. The van der Waals surface area contributed by atoms with Crippen LogP contribution in [0.4, 0.5) is 0 Å². The van der Waals surface area contributed by atoms with Crippen molar-refractivity contribution in [3.8, 4) is 5.75 Å². The zero-order valence-electron chi connectivity index (χ0n) is 12.0. The fourth-order valence-corrected chi connectivity index (χ4v) is 2.97. The zero-order chi connectivity index (χ0) is 14.8. The van der Waals surface area contributed by atoms with Crippen molar-refractivity contribution in [2.24, 2.45) is 11.1 Å². The molecule has 2 N–H and O–H groups in total. The second-order valence-corrected chi connectivity index (χ2v) is 6.63. The van der Waals surface area contributed by atoms with E-state index < -0.39 is 0 Å². The van der Waals surface area contributed by atoms with Gasteiger partial charge in [-0.1, -0.05) is 22.9 Å². The minimum atomic E-state index is 0.0665. The maximum atomic E-state index is 12.4. The van der Waals surface area contributed by atoms with Crippen LogP contribution in [0.5, 0.6) is 5.75 Å². The molecule has 0 spiro atoms. The number of carbonyl (C=O) groups is 1. The molecular weight excluding hydrogens is 320 g/mol. The number of amides is 1. The van der Waals surface area contributed by atoms with Crippen LogP contribution in [0.25, 0.3) is 0 Å². The average Bonchev–Trinajstić information content (AvgIpc) is 2.83. The maximum absolute atomic E-state index is 12.4. The number of carbonyl (C=O) groups excluding carboxylic acids is 1. The number of halogens is 1. The fraction of sp³-hybridized carbons (Fsp3) is 0.533. The van der Waals surface area contributed by atoms with Crippen LogP contribution in [-0.2, 0) is 11.2 Å². The van der Waals surface area contributed by atoms with Gasteiger partial charge in [0.15, 0.2) is 0 Å². The molecule has 1 heterocycles. The molecule has 1 fully saturated rings. The monoisotopic (exact) mass is 340 g/mol. The number of likely N-dealkylation sites (tertiary alicyclic amines) is 1. The maximum Gasteiger partial charge on any atom is 0.227 e. The summed E-state index contributed by atoms with van der Waals surface area (Å²) in [7, 11) is 1.62. The Labute approximate surface area is 128 Å². The van der Waals surface area contributed by atoms with E-state index in [1.165, 1.54) is 0 Å². The molecule has 110 valence electrons. The topological polar surface area (TPSA) is 55.6 Å². The molecule has 1 aromatic carbocycles. The Morgan fingerprint density at radius 3 is 2.90 bits per heavy atom. The first kappa shape index (κ1) is 15.3. The molecule has 5 heteroatoms. The molecule has 0 bridgehead atoms. The van der Waals surface area contributed by atoms with Crippen molar-refractivity contribution >= 4 is 21.8 Å². The lowest BCUT2D eigenvalue weighted by Crippen LogP contribution is -2.35. The highest BCUT2D eigenvalue weighted by Crippen LogP contribution is 2.30. The van der Waals surface area contributed by atoms with E-state index in [-0.39, 0.29) is 11.3 Å². The van der Waals surface area contributed by atoms with Crippen molar-refractivity contribution in [3.63, 3.8) is 0 Å². The van der Waals surface area contributed by atoms with Gasteiger partial charge in [-0.3, -0.25) is 4.79 Å². The second kappa shape index (κ2) is 6.14. The summed E-state index contributed by atoms with van der Waals surface area (Å²) in [4.78, 5) is 14.3. The van der Waals surface area contributed by atoms with Gasteiger partial charge in [0.25, 0.3) is 0 Å². The third kappa shape index (κ3) is 3.33. The number of rotatable bonds is 4. The lowest BCUT2D eigenvalue weighted by Gasteiger charge is -2.22. The second-order valence-electron chi connectivity index (χ2n) is 5.71. The Hall–Kier alpha value is -1.07. The van der Waals surface area contributed by atoms with Gasteiger partial charge in [-0.25, -0.2) is 0 Å². The molecule has 0 aromatic heterocycles. The molecule has 1 amide bonds. The first-order valence-corrected chi connectivity index (χ1v) is 7.57. The van der Waals surface area contributed by atoms with Crippen LogP contribution >= 0.6 is 15.9 Å². The van der Waals surface area contributed by atoms with Crippen molar-refractivity contribution in [1.82, 2.24) is 4.90 Å². The van der Waals surface area contributed by atoms with Crippen molar-refractivity contribution in [2.75, 3.05) is 26.7 Å². The van der Waals surface area contributed by atoms with Crippen LogP contribution in [0.2, 0.25) is 0 Å². The SMILES string of the molecule is COc1ccc(Br)cc1CC(=O)N1CCC(C)(CN)C1. The molecule has 1 aliphatic rings. The van der Waals surface area contributed by atoms with E-state index in [1.807, 2.05) is 23.1 Å². The van der Waals surface area contributed by atoms with E-state index in [2.05, 4.69) is 22.9 Å². The van der Waals surface area contributed by atoms with Gasteiger partial charge < -0.3 is 15.4 Å². The van der Waals surface area contributed by atoms with E-state index in [9.17, 15) is 4.79 Å². The molecule has 1 atom stereocenters.